The number of hydrogen-bond acceptors (Lipinski definition) is 5. The minimum absolute atomic E-state index is 0.186. The van der Waals surface area contributed by atoms with Crippen molar-refractivity contribution in [2.75, 3.05) is 36.9 Å². The van der Waals surface area contributed by atoms with E-state index in [9.17, 15) is 9.59 Å². The molecule has 0 radical (unpaired) electrons. The van der Waals surface area contributed by atoms with Gasteiger partial charge < -0.3 is 20.9 Å². The van der Waals surface area contributed by atoms with Crippen LogP contribution in [0.1, 0.15) is 28.8 Å². The van der Waals surface area contributed by atoms with Crippen LogP contribution in [0.2, 0.25) is 0 Å². The van der Waals surface area contributed by atoms with Crippen LogP contribution in [-0.4, -0.2) is 48.6 Å². The fourth-order valence-electron chi connectivity index (χ4n) is 3.31. The molecule has 0 saturated carbocycles. The van der Waals surface area contributed by atoms with E-state index in [1.165, 1.54) is 0 Å². The van der Waals surface area contributed by atoms with Gasteiger partial charge in [-0.2, -0.15) is 0 Å². The molecule has 28 heavy (non-hydrogen) atoms. The highest BCUT2D eigenvalue weighted by Crippen LogP contribution is 2.20. The topological polar surface area (TPSA) is 99.2 Å². The number of nitrogens with one attached hydrogen (secondary N) is 3. The molecule has 1 atom stereocenters. The van der Waals surface area contributed by atoms with Gasteiger partial charge in [0.15, 0.2) is 0 Å². The highest BCUT2D eigenvalue weighted by Gasteiger charge is 2.22. The van der Waals surface area contributed by atoms with Gasteiger partial charge in [0, 0.05) is 50.3 Å². The molecule has 0 unspecified atom stereocenters. The predicted molar refractivity (Wildman–Crippen MR) is 109 cm³/mol. The summed E-state index contributed by atoms with van der Waals surface area (Å²) in [5.74, 6) is 0.883. The molecular formula is C20H26N6O2. The lowest BCUT2D eigenvalue weighted by Crippen LogP contribution is -2.42. The Morgan fingerprint density at radius 3 is 2.79 bits per heavy atom. The van der Waals surface area contributed by atoms with Gasteiger partial charge in [-0.05, 0) is 49.4 Å². The Hall–Kier alpha value is -3.16. The molecule has 0 bridgehead atoms. The molecule has 1 aromatic heterocycles. The monoisotopic (exact) mass is 382 g/mol. The zero-order valence-electron chi connectivity index (χ0n) is 16.2. The van der Waals surface area contributed by atoms with Crippen molar-refractivity contribution in [2.24, 2.45) is 5.92 Å². The third kappa shape index (κ3) is 4.97. The summed E-state index contributed by atoms with van der Waals surface area (Å²) in [5, 5.41) is 8.37. The molecule has 3 amide bonds. The summed E-state index contributed by atoms with van der Waals surface area (Å²) < 4.78 is 0. The quantitative estimate of drug-likeness (QED) is 0.736. The zero-order chi connectivity index (χ0) is 19.9. The molecule has 8 nitrogen and oxygen atoms in total. The van der Waals surface area contributed by atoms with Crippen LogP contribution in [0.5, 0.6) is 0 Å². The van der Waals surface area contributed by atoms with Gasteiger partial charge in [0.2, 0.25) is 5.95 Å². The van der Waals surface area contributed by atoms with E-state index in [4.69, 9.17) is 0 Å². The second-order valence-corrected chi connectivity index (χ2v) is 6.95. The molecule has 1 saturated heterocycles. The lowest BCUT2D eigenvalue weighted by Gasteiger charge is -2.32. The van der Waals surface area contributed by atoms with Crippen molar-refractivity contribution >= 4 is 23.6 Å². The molecule has 148 valence electrons. The summed E-state index contributed by atoms with van der Waals surface area (Å²) in [7, 11) is 1.58. The Morgan fingerprint density at radius 1 is 1.25 bits per heavy atom. The first-order valence-electron chi connectivity index (χ1n) is 9.46. The van der Waals surface area contributed by atoms with E-state index in [-0.39, 0.29) is 11.9 Å². The van der Waals surface area contributed by atoms with Crippen LogP contribution in [-0.2, 0) is 0 Å². The molecule has 3 N–H and O–H groups in total. The fraction of sp³-hybridized carbons (Fsp3) is 0.400. The molecule has 0 aliphatic carbocycles. The van der Waals surface area contributed by atoms with Gasteiger partial charge in [0.05, 0.1) is 0 Å². The van der Waals surface area contributed by atoms with Crippen LogP contribution in [0.15, 0.2) is 36.7 Å². The number of urea groups is 1. The van der Waals surface area contributed by atoms with Crippen molar-refractivity contribution in [3.63, 3.8) is 0 Å². The van der Waals surface area contributed by atoms with Gasteiger partial charge in [-0.1, -0.05) is 6.07 Å². The van der Waals surface area contributed by atoms with Gasteiger partial charge in [-0.3, -0.25) is 4.79 Å². The first-order valence-corrected chi connectivity index (χ1v) is 9.46. The number of nitrogens with zero attached hydrogens (tertiary/aromatic N) is 3. The summed E-state index contributed by atoms with van der Waals surface area (Å²) >= 11 is 0. The number of carbonyl (C=O) groups excluding carboxylic acids is 2. The molecule has 3 rings (SSSR count). The van der Waals surface area contributed by atoms with E-state index < -0.39 is 0 Å². The Balaban J connectivity index is 1.54. The van der Waals surface area contributed by atoms with Gasteiger partial charge in [-0.25, -0.2) is 14.8 Å². The maximum atomic E-state index is 12.3. The maximum Gasteiger partial charge on any atom is 0.319 e. The average Bonchev–Trinajstić information content (AvgIpc) is 2.74. The van der Waals surface area contributed by atoms with Crippen LogP contribution in [0.25, 0.3) is 0 Å². The molecule has 2 heterocycles. The number of benzene rings is 1. The molecular weight excluding hydrogens is 356 g/mol. The maximum absolute atomic E-state index is 12.3. The largest absolute Gasteiger partial charge is 0.355 e. The van der Waals surface area contributed by atoms with E-state index in [1.54, 1.807) is 37.6 Å². The second kappa shape index (κ2) is 9.16. The number of aromatic nitrogens is 2. The Labute approximate surface area is 164 Å². The number of anilines is 2. The number of rotatable bonds is 5. The first-order chi connectivity index (χ1) is 13.6. The molecule has 1 aromatic carbocycles. The van der Waals surface area contributed by atoms with Crippen LogP contribution >= 0.6 is 0 Å². The van der Waals surface area contributed by atoms with Crippen molar-refractivity contribution in [3.8, 4) is 0 Å². The highest BCUT2D eigenvalue weighted by molar-refractivity contribution is 5.97. The van der Waals surface area contributed by atoms with Gasteiger partial charge in [0.25, 0.3) is 5.91 Å². The number of carbonyl (C=O) groups is 2. The molecule has 2 aromatic rings. The Kier molecular flexibility index (Phi) is 6.41. The summed E-state index contributed by atoms with van der Waals surface area (Å²) in [4.78, 5) is 34.9. The third-order valence-corrected chi connectivity index (χ3v) is 4.88. The van der Waals surface area contributed by atoms with Gasteiger partial charge >= 0.3 is 6.03 Å². The number of hydrogen-bond donors (Lipinski definition) is 3. The highest BCUT2D eigenvalue weighted by atomic mass is 16.2. The minimum Gasteiger partial charge on any atom is -0.355 e. The first kappa shape index (κ1) is 19.6. The van der Waals surface area contributed by atoms with Crippen LogP contribution in [0.3, 0.4) is 0 Å². The van der Waals surface area contributed by atoms with Crippen molar-refractivity contribution in [2.45, 2.75) is 19.8 Å². The summed E-state index contributed by atoms with van der Waals surface area (Å²) in [5.41, 5.74) is 2.03. The average molecular weight is 382 g/mol. The SMILES string of the molecule is CNC(=O)c1ccc(C)c(NC(=O)NC[C@@H]2CCCN(c3ncccn3)C2)c1. The minimum atomic E-state index is -0.273. The van der Waals surface area contributed by atoms with E-state index in [1.807, 2.05) is 13.0 Å². The summed E-state index contributed by atoms with van der Waals surface area (Å²) in [6.45, 7) is 4.21. The normalized spacial score (nSPS) is 16.4. The zero-order valence-corrected chi connectivity index (χ0v) is 16.2. The van der Waals surface area contributed by atoms with Crippen LogP contribution < -0.4 is 20.9 Å². The van der Waals surface area contributed by atoms with Gasteiger partial charge in [0.1, 0.15) is 0 Å². The predicted octanol–water partition coefficient (Wildman–Crippen LogP) is 2.18. The van der Waals surface area contributed by atoms with Crippen molar-refractivity contribution < 1.29 is 9.59 Å². The van der Waals surface area contributed by atoms with Gasteiger partial charge in [-0.15, -0.1) is 0 Å². The molecule has 1 fully saturated rings. The smallest absolute Gasteiger partial charge is 0.319 e. The van der Waals surface area contributed by atoms with Crippen molar-refractivity contribution in [1.29, 1.82) is 0 Å². The summed E-state index contributed by atoms with van der Waals surface area (Å²) in [6.07, 6.45) is 5.58. The van der Waals surface area contributed by atoms with Crippen molar-refractivity contribution in [3.05, 3.63) is 47.8 Å². The van der Waals surface area contributed by atoms with Crippen LogP contribution in [0, 0.1) is 12.8 Å². The van der Waals surface area contributed by atoms with E-state index >= 15 is 0 Å². The Morgan fingerprint density at radius 2 is 2.04 bits per heavy atom. The van der Waals surface area contributed by atoms with E-state index in [0.29, 0.717) is 23.7 Å². The van der Waals surface area contributed by atoms with Crippen LogP contribution in [0.4, 0.5) is 16.4 Å². The molecule has 8 heteroatoms. The standard InChI is InChI=1S/C20H26N6O2/c1-14-6-7-16(18(27)21-2)11-17(14)25-20(28)24-12-15-5-3-10-26(13-15)19-22-8-4-9-23-19/h4,6-9,11,15H,3,5,10,12-13H2,1-2H3,(H,21,27)(H2,24,25,28)/t15-/m0/s1. The lowest BCUT2D eigenvalue weighted by molar-refractivity contribution is 0.0963. The van der Waals surface area contributed by atoms with Crippen molar-refractivity contribution in [1.82, 2.24) is 20.6 Å². The molecule has 0 spiro atoms. The number of aryl methyl sites for hydroxylation is 1. The fourth-order valence-corrected chi connectivity index (χ4v) is 3.31. The molecule has 1 aliphatic rings. The Bertz CT molecular complexity index is 827. The number of amides is 3. The third-order valence-electron chi connectivity index (χ3n) is 4.88. The molecule has 1 aliphatic heterocycles. The second-order valence-electron chi connectivity index (χ2n) is 6.95. The summed E-state index contributed by atoms with van der Waals surface area (Å²) in [6, 6.07) is 6.77. The van der Waals surface area contributed by atoms with E-state index in [0.717, 1.165) is 37.4 Å². The van der Waals surface area contributed by atoms with E-state index in [2.05, 4.69) is 30.8 Å². The lowest BCUT2D eigenvalue weighted by atomic mass is 9.98. The number of piperidine rings is 1.